The topological polar surface area (TPSA) is 65.1 Å². The fourth-order valence-electron chi connectivity index (χ4n) is 4.74. The molecule has 0 amide bonds. The van der Waals surface area contributed by atoms with Crippen molar-refractivity contribution in [2.24, 2.45) is 5.92 Å². The van der Waals surface area contributed by atoms with Crippen molar-refractivity contribution in [1.29, 1.82) is 0 Å². The van der Waals surface area contributed by atoms with E-state index in [0.717, 1.165) is 28.2 Å². The van der Waals surface area contributed by atoms with Crippen molar-refractivity contribution in [3.8, 4) is 28.3 Å². The first kappa shape index (κ1) is 25.8. The molecule has 2 N–H and O–H groups in total. The molecule has 36 heavy (non-hydrogen) atoms. The zero-order valence-corrected chi connectivity index (χ0v) is 20.7. The zero-order chi connectivity index (χ0) is 26.2. The molecule has 0 saturated carbocycles. The molecule has 1 atom stereocenters. The fourth-order valence-corrected chi connectivity index (χ4v) is 4.74. The summed E-state index contributed by atoms with van der Waals surface area (Å²) < 4.78 is 54.1. The SMILES string of the molecule is COc1cc(OC)cc(-c2c3c(cn(-c4cc([NH+](O)CC(C)C)ccc4C(F)(F)F)c2=O)CCC3)c1. The van der Waals surface area contributed by atoms with Crippen LogP contribution in [0.1, 0.15) is 37.0 Å². The van der Waals surface area contributed by atoms with Gasteiger partial charge in [-0.05, 0) is 54.2 Å². The number of benzene rings is 2. The number of methoxy groups -OCH3 is 2. The molecule has 4 rings (SSSR count). The molecule has 2 aromatic carbocycles. The maximum absolute atomic E-state index is 14.1. The smallest absolute Gasteiger partial charge is 0.418 e. The van der Waals surface area contributed by atoms with Gasteiger partial charge in [-0.3, -0.25) is 9.36 Å². The van der Waals surface area contributed by atoms with Crippen LogP contribution in [0.25, 0.3) is 16.8 Å². The van der Waals surface area contributed by atoms with E-state index in [4.69, 9.17) is 9.47 Å². The van der Waals surface area contributed by atoms with Crippen LogP contribution in [0.4, 0.5) is 18.9 Å². The monoisotopic (exact) mass is 503 g/mol. The van der Waals surface area contributed by atoms with Crippen LogP contribution in [0.2, 0.25) is 0 Å². The fraction of sp³-hybridized carbons (Fsp3) is 0.370. The Morgan fingerprint density at radius 1 is 1.06 bits per heavy atom. The van der Waals surface area contributed by atoms with Gasteiger partial charge in [0.25, 0.3) is 5.56 Å². The lowest BCUT2D eigenvalue weighted by atomic mass is 9.98. The molecule has 1 aliphatic carbocycles. The summed E-state index contributed by atoms with van der Waals surface area (Å²) >= 11 is 0. The molecule has 1 unspecified atom stereocenters. The van der Waals surface area contributed by atoms with E-state index < -0.39 is 17.3 Å². The van der Waals surface area contributed by atoms with E-state index in [-0.39, 0.29) is 22.4 Å². The van der Waals surface area contributed by atoms with E-state index in [2.05, 4.69) is 0 Å². The van der Waals surface area contributed by atoms with Gasteiger partial charge in [-0.15, -0.1) is 0 Å². The number of fused-ring (bicyclic) bond motifs is 1. The number of alkyl halides is 3. The van der Waals surface area contributed by atoms with Crippen molar-refractivity contribution >= 4 is 5.69 Å². The van der Waals surface area contributed by atoms with E-state index >= 15 is 0 Å². The third kappa shape index (κ3) is 4.99. The summed E-state index contributed by atoms with van der Waals surface area (Å²) in [4.78, 5) is 13.9. The van der Waals surface area contributed by atoms with E-state index in [1.807, 2.05) is 13.8 Å². The predicted octanol–water partition coefficient (Wildman–Crippen LogP) is 4.59. The van der Waals surface area contributed by atoms with Gasteiger partial charge in [0, 0.05) is 30.3 Å². The van der Waals surface area contributed by atoms with Gasteiger partial charge in [-0.25, -0.2) is 5.21 Å². The molecule has 1 heterocycles. The highest BCUT2D eigenvalue weighted by atomic mass is 19.4. The number of ether oxygens (including phenoxy) is 2. The predicted molar refractivity (Wildman–Crippen MR) is 130 cm³/mol. The number of hydroxylamine groups is 1. The molecule has 3 aromatic rings. The van der Waals surface area contributed by atoms with E-state index in [1.54, 1.807) is 18.2 Å². The van der Waals surface area contributed by atoms with Crippen LogP contribution in [0.5, 0.6) is 11.5 Å². The summed E-state index contributed by atoms with van der Waals surface area (Å²) in [5, 5.41) is 10.5. The van der Waals surface area contributed by atoms with Crippen molar-refractivity contribution in [3.63, 3.8) is 0 Å². The summed E-state index contributed by atoms with van der Waals surface area (Å²) in [6.07, 6.45) is -1.09. The molecule has 9 heteroatoms. The number of rotatable bonds is 7. The zero-order valence-electron chi connectivity index (χ0n) is 20.7. The summed E-state index contributed by atoms with van der Waals surface area (Å²) in [7, 11) is 2.99. The molecule has 0 bridgehead atoms. The first-order valence-corrected chi connectivity index (χ1v) is 11.8. The molecule has 0 aliphatic heterocycles. The summed E-state index contributed by atoms with van der Waals surface area (Å²) in [5.74, 6) is 1.04. The van der Waals surface area contributed by atoms with Crippen molar-refractivity contribution in [2.45, 2.75) is 39.3 Å². The second-order valence-corrected chi connectivity index (χ2v) is 9.41. The van der Waals surface area contributed by atoms with Crippen LogP contribution in [0, 0.1) is 5.92 Å². The van der Waals surface area contributed by atoms with Gasteiger partial charge < -0.3 is 9.47 Å². The molecule has 192 valence electrons. The van der Waals surface area contributed by atoms with Crippen molar-refractivity contribution in [2.75, 3.05) is 20.8 Å². The normalized spacial score (nSPS) is 14.1. The van der Waals surface area contributed by atoms with Crippen molar-refractivity contribution in [3.05, 3.63) is 69.6 Å². The van der Waals surface area contributed by atoms with Crippen LogP contribution in [-0.2, 0) is 19.0 Å². The van der Waals surface area contributed by atoms with Gasteiger partial charge in [-0.1, -0.05) is 13.8 Å². The third-order valence-corrected chi connectivity index (χ3v) is 6.42. The Labute approximate surface area is 207 Å². The third-order valence-electron chi connectivity index (χ3n) is 6.42. The second kappa shape index (κ2) is 9.99. The molecule has 6 nitrogen and oxygen atoms in total. The van der Waals surface area contributed by atoms with Crippen molar-refractivity contribution < 1.29 is 32.9 Å². The highest BCUT2D eigenvalue weighted by molar-refractivity contribution is 5.72. The number of pyridine rings is 1. The molecule has 0 saturated heterocycles. The van der Waals surface area contributed by atoms with E-state index in [9.17, 15) is 23.2 Å². The average molecular weight is 504 g/mol. The number of nitrogens with zero attached hydrogens (tertiary/aromatic N) is 1. The maximum Gasteiger partial charge on any atom is 0.418 e. The highest BCUT2D eigenvalue weighted by Crippen LogP contribution is 2.37. The Morgan fingerprint density at radius 2 is 1.72 bits per heavy atom. The molecule has 0 fully saturated rings. The quantitative estimate of drug-likeness (QED) is 0.463. The number of aryl methyl sites for hydroxylation is 1. The number of hydrogen-bond acceptors (Lipinski definition) is 4. The largest absolute Gasteiger partial charge is 0.497 e. The van der Waals surface area contributed by atoms with Crippen LogP contribution in [0.15, 0.2) is 47.4 Å². The lowest BCUT2D eigenvalue weighted by Crippen LogP contribution is -3.05. The number of halogens is 3. The Bertz CT molecular complexity index is 1310. The van der Waals surface area contributed by atoms with Crippen LogP contribution < -0.4 is 20.1 Å². The lowest BCUT2D eigenvalue weighted by molar-refractivity contribution is -1.04. The van der Waals surface area contributed by atoms with Crippen LogP contribution in [-0.4, -0.2) is 30.5 Å². The van der Waals surface area contributed by atoms with Crippen molar-refractivity contribution in [1.82, 2.24) is 4.57 Å². The molecule has 0 spiro atoms. The molecule has 0 radical (unpaired) electrons. The standard InChI is InChI=1S/C27H29F3N2O4/c1-16(2)14-32(34)19-8-9-23(27(28,29)30)24(12-19)31-15-17-6-5-7-22(17)25(26(31)33)18-10-20(35-3)13-21(11-18)36-4/h8-13,15-16,34H,5-7,14H2,1-4H3/p+1. The maximum atomic E-state index is 14.1. The van der Waals surface area contributed by atoms with Gasteiger partial charge in [-0.2, -0.15) is 18.2 Å². The Hall–Kier alpha value is -3.30. The second-order valence-electron chi connectivity index (χ2n) is 9.41. The first-order chi connectivity index (χ1) is 17.0. The Balaban J connectivity index is 2.00. The molecular weight excluding hydrogens is 473 g/mol. The lowest BCUT2D eigenvalue weighted by Gasteiger charge is -2.20. The molecular formula is C27H30F3N2O4+. The Kier molecular flexibility index (Phi) is 7.15. The number of hydrogen-bond donors (Lipinski definition) is 2. The summed E-state index contributed by atoms with van der Waals surface area (Å²) in [6.45, 7) is 4.11. The molecule has 1 aliphatic rings. The van der Waals surface area contributed by atoms with E-state index in [1.165, 1.54) is 32.5 Å². The van der Waals surface area contributed by atoms with E-state index in [0.29, 0.717) is 42.0 Å². The van der Waals surface area contributed by atoms with Gasteiger partial charge in [0.2, 0.25) is 0 Å². The van der Waals surface area contributed by atoms with Crippen LogP contribution in [0.3, 0.4) is 0 Å². The minimum absolute atomic E-state index is 0.0214. The Morgan fingerprint density at radius 3 is 2.31 bits per heavy atom. The summed E-state index contributed by atoms with van der Waals surface area (Å²) in [6, 6.07) is 8.46. The minimum Gasteiger partial charge on any atom is -0.497 e. The van der Waals surface area contributed by atoms with Gasteiger partial charge in [0.1, 0.15) is 18.0 Å². The highest BCUT2D eigenvalue weighted by Gasteiger charge is 2.36. The van der Waals surface area contributed by atoms with Gasteiger partial charge in [0.05, 0.1) is 31.0 Å². The summed E-state index contributed by atoms with van der Waals surface area (Å²) in [5.41, 5.74) is 0.911. The van der Waals surface area contributed by atoms with Gasteiger partial charge >= 0.3 is 6.18 Å². The van der Waals surface area contributed by atoms with Gasteiger partial charge in [0.15, 0.2) is 5.69 Å². The number of aromatic nitrogens is 1. The number of quaternary nitrogens is 1. The average Bonchev–Trinajstić information content (AvgIpc) is 3.29. The minimum atomic E-state index is -4.70. The number of nitrogens with one attached hydrogen (secondary N) is 1. The molecule has 1 aromatic heterocycles. The van der Waals surface area contributed by atoms with Crippen LogP contribution >= 0.6 is 0 Å². The first-order valence-electron chi connectivity index (χ1n) is 11.8.